The van der Waals surface area contributed by atoms with Gasteiger partial charge in [0.2, 0.25) is 0 Å². The van der Waals surface area contributed by atoms with Crippen molar-refractivity contribution in [3.8, 4) is 0 Å². The van der Waals surface area contributed by atoms with Gasteiger partial charge in [-0.1, -0.05) is 20.8 Å². The van der Waals surface area contributed by atoms with Gasteiger partial charge in [0, 0.05) is 6.61 Å². The maximum atomic E-state index is 13.1. The minimum atomic E-state index is -2.73. The number of hydrogen-bond acceptors (Lipinski definition) is 2. The predicted octanol–water partition coefficient (Wildman–Crippen LogP) is 2.88. The van der Waals surface area contributed by atoms with Crippen molar-refractivity contribution in [3.63, 3.8) is 0 Å². The molecule has 1 aliphatic carbocycles. The van der Waals surface area contributed by atoms with Crippen LogP contribution in [0.5, 0.6) is 0 Å². The lowest BCUT2D eigenvalue weighted by molar-refractivity contribution is 0.0647. The summed E-state index contributed by atoms with van der Waals surface area (Å²) in [5.41, 5.74) is 0. The summed E-state index contributed by atoms with van der Waals surface area (Å²) in [6, 6.07) is 0. The molecule has 2 nitrogen and oxygen atoms in total. The van der Waals surface area contributed by atoms with Gasteiger partial charge >= 0.3 is 0 Å². The van der Waals surface area contributed by atoms with Crippen molar-refractivity contribution in [1.29, 1.82) is 0 Å². The molecule has 0 aromatic heterocycles. The third kappa shape index (κ3) is 2.46. The Hall–Kier alpha value is -0.00312. The lowest BCUT2D eigenvalue weighted by atomic mass is 10.2. The van der Waals surface area contributed by atoms with Crippen LogP contribution in [0.4, 0.5) is 8.78 Å². The first-order chi connectivity index (χ1) is 7.04. The van der Waals surface area contributed by atoms with Crippen molar-refractivity contribution < 1.29 is 18.3 Å². The smallest absolute Gasteiger partial charge is 0.259 e. The van der Waals surface area contributed by atoms with E-state index in [0.717, 1.165) is 0 Å². The molecule has 0 heterocycles. The summed E-state index contributed by atoms with van der Waals surface area (Å²) < 4.78 is 31.9. The Balaban J connectivity index is 2.48. The Morgan fingerprint density at radius 1 is 1.25 bits per heavy atom. The second kappa shape index (κ2) is 4.03. The minimum Gasteiger partial charge on any atom is -0.416 e. The maximum absolute atomic E-state index is 13.1. The zero-order valence-corrected chi connectivity index (χ0v) is 11.7. The topological polar surface area (TPSA) is 29.5 Å². The first kappa shape index (κ1) is 14.1. The van der Waals surface area contributed by atoms with Crippen LogP contribution in [0.15, 0.2) is 0 Å². The molecule has 2 unspecified atom stereocenters. The van der Waals surface area contributed by atoms with Gasteiger partial charge in [-0.15, -0.1) is 0 Å². The molecule has 0 saturated heterocycles. The van der Waals surface area contributed by atoms with Crippen molar-refractivity contribution >= 4 is 8.32 Å². The quantitative estimate of drug-likeness (QED) is 0.780. The van der Waals surface area contributed by atoms with Gasteiger partial charge in [-0.3, -0.25) is 0 Å². The van der Waals surface area contributed by atoms with E-state index in [1.807, 2.05) is 13.1 Å². The summed E-state index contributed by atoms with van der Waals surface area (Å²) in [5.74, 6) is -4.40. The van der Waals surface area contributed by atoms with Crippen LogP contribution in [0.2, 0.25) is 18.1 Å². The Labute approximate surface area is 97.1 Å². The normalized spacial score (nSPS) is 29.2. The van der Waals surface area contributed by atoms with Gasteiger partial charge in [-0.25, -0.2) is 8.78 Å². The van der Waals surface area contributed by atoms with E-state index in [-0.39, 0.29) is 11.6 Å². The average molecular weight is 252 g/mol. The molecule has 0 radical (unpaired) electrons. The van der Waals surface area contributed by atoms with Gasteiger partial charge in [-0.2, -0.15) is 0 Å². The first-order valence-electron chi connectivity index (χ1n) is 5.66. The van der Waals surface area contributed by atoms with Crippen LogP contribution >= 0.6 is 0 Å². The molecule has 0 aromatic carbocycles. The fraction of sp³-hybridized carbons (Fsp3) is 1.00. The van der Waals surface area contributed by atoms with E-state index in [1.165, 1.54) is 0 Å². The average Bonchev–Trinajstić information content (AvgIpc) is 2.61. The lowest BCUT2D eigenvalue weighted by Gasteiger charge is -2.36. The highest BCUT2D eigenvalue weighted by Gasteiger charge is 2.67. The highest BCUT2D eigenvalue weighted by molar-refractivity contribution is 6.74. The maximum Gasteiger partial charge on any atom is 0.259 e. The Bertz CT molecular complexity index is 261. The third-order valence-electron chi connectivity index (χ3n) is 3.99. The van der Waals surface area contributed by atoms with E-state index < -0.39 is 32.7 Å². The van der Waals surface area contributed by atoms with Crippen LogP contribution in [-0.2, 0) is 4.43 Å². The lowest BCUT2D eigenvalue weighted by Crippen LogP contribution is -2.41. The fourth-order valence-corrected chi connectivity index (χ4v) is 2.48. The highest BCUT2D eigenvalue weighted by atomic mass is 28.4. The molecule has 0 spiro atoms. The largest absolute Gasteiger partial charge is 0.416 e. The number of rotatable bonds is 4. The van der Waals surface area contributed by atoms with Crippen molar-refractivity contribution in [2.75, 3.05) is 13.2 Å². The van der Waals surface area contributed by atoms with Crippen molar-refractivity contribution in [3.05, 3.63) is 0 Å². The summed E-state index contributed by atoms with van der Waals surface area (Å²) >= 11 is 0. The first-order valence-corrected chi connectivity index (χ1v) is 8.57. The molecule has 96 valence electrons. The molecule has 2 atom stereocenters. The molecule has 1 fully saturated rings. The summed E-state index contributed by atoms with van der Waals surface area (Å²) in [6.45, 7) is 9.95. The van der Waals surface area contributed by atoms with Crippen LogP contribution in [0.1, 0.15) is 20.8 Å². The molecule has 1 saturated carbocycles. The molecule has 0 aliphatic heterocycles. The number of aliphatic hydroxyl groups is 1. The number of aliphatic hydroxyl groups excluding tert-OH is 1. The molecular formula is C11H22F2O2Si. The Morgan fingerprint density at radius 3 is 2.06 bits per heavy atom. The monoisotopic (exact) mass is 252 g/mol. The Morgan fingerprint density at radius 2 is 1.75 bits per heavy atom. The molecule has 0 amide bonds. The third-order valence-corrected chi connectivity index (χ3v) is 8.49. The van der Waals surface area contributed by atoms with Crippen LogP contribution in [-0.4, -0.2) is 32.6 Å². The van der Waals surface area contributed by atoms with Crippen molar-refractivity contribution in [2.45, 2.75) is 44.8 Å². The number of hydrogen-bond donors (Lipinski definition) is 1. The van der Waals surface area contributed by atoms with E-state index in [2.05, 4.69) is 20.8 Å². The van der Waals surface area contributed by atoms with Gasteiger partial charge in [0.15, 0.2) is 8.32 Å². The molecule has 1 N–H and O–H groups in total. The summed E-state index contributed by atoms with van der Waals surface area (Å²) in [4.78, 5) is 0. The van der Waals surface area contributed by atoms with Crippen molar-refractivity contribution in [2.24, 2.45) is 11.8 Å². The van der Waals surface area contributed by atoms with Crippen molar-refractivity contribution in [1.82, 2.24) is 0 Å². The SMILES string of the molecule is CC(C)(C)[Si](C)(C)OCC1C(CO)C1(F)F. The minimum absolute atomic E-state index is 0.0336. The van der Waals surface area contributed by atoms with Crippen LogP contribution in [0.3, 0.4) is 0 Å². The van der Waals surface area contributed by atoms with E-state index in [9.17, 15) is 8.78 Å². The number of alkyl halides is 2. The summed E-state index contributed by atoms with van der Waals surface area (Å²) in [5, 5.41) is 8.81. The summed E-state index contributed by atoms with van der Waals surface area (Å²) in [6.07, 6.45) is 0. The zero-order valence-electron chi connectivity index (χ0n) is 10.7. The van der Waals surface area contributed by atoms with Gasteiger partial charge in [0.05, 0.1) is 18.4 Å². The van der Waals surface area contributed by atoms with E-state index in [4.69, 9.17) is 9.53 Å². The van der Waals surface area contributed by atoms with E-state index >= 15 is 0 Å². The highest BCUT2D eigenvalue weighted by Crippen LogP contribution is 2.55. The number of halogens is 2. The predicted molar refractivity (Wildman–Crippen MR) is 62.2 cm³/mol. The molecule has 1 rings (SSSR count). The molecule has 5 heteroatoms. The molecule has 0 aromatic rings. The van der Waals surface area contributed by atoms with Crippen LogP contribution in [0.25, 0.3) is 0 Å². The molecule has 0 bridgehead atoms. The standard InChI is InChI=1S/C11H22F2O2Si/c1-10(2,3)16(4,5)15-7-9-8(6-14)11(9,12)13/h8-9,14H,6-7H2,1-5H3. The fourth-order valence-electron chi connectivity index (χ4n) is 1.45. The van der Waals surface area contributed by atoms with E-state index in [0.29, 0.717) is 0 Å². The van der Waals surface area contributed by atoms with Crippen LogP contribution in [0, 0.1) is 11.8 Å². The second-order valence-corrected chi connectivity index (χ2v) is 11.0. The van der Waals surface area contributed by atoms with Gasteiger partial charge in [0.1, 0.15) is 0 Å². The molecular weight excluding hydrogens is 230 g/mol. The zero-order chi connectivity index (χ0) is 12.8. The van der Waals surface area contributed by atoms with Crippen LogP contribution < -0.4 is 0 Å². The summed E-state index contributed by atoms with van der Waals surface area (Å²) in [7, 11) is -1.95. The van der Waals surface area contributed by atoms with Gasteiger partial charge in [0.25, 0.3) is 5.92 Å². The molecule has 16 heavy (non-hydrogen) atoms. The molecule has 1 aliphatic rings. The van der Waals surface area contributed by atoms with Gasteiger partial charge < -0.3 is 9.53 Å². The van der Waals surface area contributed by atoms with E-state index in [1.54, 1.807) is 0 Å². The van der Waals surface area contributed by atoms with Gasteiger partial charge in [-0.05, 0) is 18.1 Å². The Kier molecular flexibility index (Phi) is 3.54. The second-order valence-electron chi connectivity index (χ2n) is 6.14.